The van der Waals surface area contributed by atoms with Crippen LogP contribution in [0.3, 0.4) is 0 Å². The van der Waals surface area contributed by atoms with Gasteiger partial charge in [0.25, 0.3) is 5.91 Å². The number of hydrogen-bond acceptors (Lipinski definition) is 6. The number of aliphatic hydroxyl groups excluding tert-OH is 1. The molecule has 1 atom stereocenters. The lowest BCUT2D eigenvalue weighted by molar-refractivity contribution is -0.207. The first-order valence-electron chi connectivity index (χ1n) is 12.4. The van der Waals surface area contributed by atoms with Crippen LogP contribution in [0.5, 0.6) is 5.75 Å². The third kappa shape index (κ3) is 5.83. The number of furan rings is 1. The SMILES string of the molecule is CCC(CC)(c1ccc(OCC(O)C(C)(C)C)c(C)c1)c1cc2cc(C(=O)N/C(N=[NH2+])=N/N)ccc2o1. The van der Waals surface area contributed by atoms with E-state index < -0.39 is 12.0 Å². The van der Waals surface area contributed by atoms with E-state index >= 15 is 0 Å². The average Bonchev–Trinajstić information content (AvgIpc) is 3.30. The smallest absolute Gasteiger partial charge is 0.310 e. The number of carbonyl (C=O) groups is 1. The molecule has 0 aliphatic heterocycles. The van der Waals surface area contributed by atoms with Crippen LogP contribution in [0.1, 0.15) is 74.7 Å². The van der Waals surface area contributed by atoms with Gasteiger partial charge in [-0.1, -0.05) is 46.8 Å². The van der Waals surface area contributed by atoms with Crippen LogP contribution in [0.25, 0.3) is 11.0 Å². The van der Waals surface area contributed by atoms with Crippen LogP contribution in [0, 0.1) is 12.3 Å². The molecular weight excluding hydrogens is 470 g/mol. The minimum Gasteiger partial charge on any atom is -0.491 e. The van der Waals surface area contributed by atoms with Gasteiger partial charge < -0.3 is 20.1 Å². The second-order valence-electron chi connectivity index (χ2n) is 10.4. The number of hydrazone groups is 1. The molecule has 1 unspecified atom stereocenters. The fourth-order valence-corrected chi connectivity index (χ4v) is 4.37. The van der Waals surface area contributed by atoms with Crippen molar-refractivity contribution in [1.29, 1.82) is 0 Å². The quantitative estimate of drug-likeness (QED) is 0.120. The predicted molar refractivity (Wildman–Crippen MR) is 143 cm³/mol. The van der Waals surface area contributed by atoms with Gasteiger partial charge in [0.05, 0.1) is 11.5 Å². The van der Waals surface area contributed by atoms with Crippen LogP contribution in [0.4, 0.5) is 0 Å². The Morgan fingerprint density at radius 1 is 1.16 bits per heavy atom. The Labute approximate surface area is 217 Å². The molecule has 37 heavy (non-hydrogen) atoms. The number of aryl methyl sites for hydroxylation is 1. The van der Waals surface area contributed by atoms with Crippen molar-refractivity contribution in [1.82, 2.24) is 5.32 Å². The maximum absolute atomic E-state index is 12.6. The number of nitrogens with one attached hydrogen (secondary N) is 1. The molecular formula is C28H38N5O4+. The number of nitrogens with zero attached hydrogens (tertiary/aromatic N) is 2. The summed E-state index contributed by atoms with van der Waals surface area (Å²) in [4.78, 5) is 12.6. The molecule has 3 aromatic rings. The normalized spacial score (nSPS) is 13.4. The standard InChI is InChI=1S/C28H37N5O4/c1-7-28(8-2,20-10-12-21(17(3)13-20)36-16-23(34)27(4,5)6)24-15-19-14-18(9-11-22(19)37-24)25(35)31-26(32-29)33-30/h9-15,23,29,34H,7-8,16,30H2,1-6H3,(H,31,33,35)/p+1. The third-order valence-electron chi connectivity index (χ3n) is 7.05. The minimum absolute atomic E-state index is 0.162. The summed E-state index contributed by atoms with van der Waals surface area (Å²) in [6, 6.07) is 13.3. The fourth-order valence-electron chi connectivity index (χ4n) is 4.37. The Bertz CT molecular complexity index is 1300. The van der Waals surface area contributed by atoms with Crippen molar-refractivity contribution < 1.29 is 24.6 Å². The van der Waals surface area contributed by atoms with Gasteiger partial charge in [-0.3, -0.25) is 10.1 Å². The number of benzene rings is 2. The van der Waals surface area contributed by atoms with E-state index in [0.717, 1.165) is 40.9 Å². The topological polar surface area (TPSA) is 148 Å². The monoisotopic (exact) mass is 508 g/mol. The predicted octanol–water partition coefficient (Wildman–Crippen LogP) is 3.80. The molecule has 9 nitrogen and oxygen atoms in total. The van der Waals surface area contributed by atoms with Gasteiger partial charge in [0.1, 0.15) is 23.7 Å². The lowest BCUT2D eigenvalue weighted by atomic mass is 9.73. The molecule has 2 aromatic carbocycles. The number of amides is 1. The molecule has 9 heteroatoms. The van der Waals surface area contributed by atoms with E-state index in [0.29, 0.717) is 11.1 Å². The highest BCUT2D eigenvalue weighted by Gasteiger charge is 2.35. The van der Waals surface area contributed by atoms with E-state index in [1.165, 1.54) is 0 Å². The van der Waals surface area contributed by atoms with Crippen LogP contribution < -0.4 is 21.4 Å². The van der Waals surface area contributed by atoms with Gasteiger partial charge in [-0.05, 0) is 66.6 Å². The van der Waals surface area contributed by atoms with E-state index in [9.17, 15) is 9.90 Å². The Morgan fingerprint density at radius 3 is 2.43 bits per heavy atom. The Kier molecular flexibility index (Phi) is 8.38. The van der Waals surface area contributed by atoms with Gasteiger partial charge in [-0.25, -0.2) is 0 Å². The van der Waals surface area contributed by atoms with E-state index in [1.807, 2.05) is 39.8 Å². The number of ether oxygens (including phenoxy) is 1. The van der Waals surface area contributed by atoms with E-state index in [-0.39, 0.29) is 23.4 Å². The second kappa shape index (κ2) is 11.1. The molecule has 1 aromatic heterocycles. The summed E-state index contributed by atoms with van der Waals surface area (Å²) in [5, 5.41) is 20.3. The lowest BCUT2D eigenvalue weighted by Crippen LogP contribution is -2.37. The summed E-state index contributed by atoms with van der Waals surface area (Å²) >= 11 is 0. The Hall–Kier alpha value is -3.72. The minimum atomic E-state index is -0.571. The van der Waals surface area contributed by atoms with Gasteiger partial charge in [0.2, 0.25) is 0 Å². The zero-order valence-electron chi connectivity index (χ0n) is 22.5. The molecule has 1 amide bonds. The van der Waals surface area contributed by atoms with E-state index in [4.69, 9.17) is 20.5 Å². The summed E-state index contributed by atoms with van der Waals surface area (Å²) in [5.41, 5.74) is 7.73. The maximum atomic E-state index is 12.6. The highest BCUT2D eigenvalue weighted by Crippen LogP contribution is 2.42. The van der Waals surface area contributed by atoms with Crippen molar-refractivity contribution in [3.8, 4) is 5.75 Å². The molecule has 0 fully saturated rings. The fraction of sp³-hybridized carbons (Fsp3) is 0.429. The third-order valence-corrected chi connectivity index (χ3v) is 7.05. The average molecular weight is 509 g/mol. The van der Waals surface area contributed by atoms with Gasteiger partial charge in [-0.2, -0.15) is 0 Å². The number of aliphatic hydroxyl groups is 1. The highest BCUT2D eigenvalue weighted by atomic mass is 16.5. The molecule has 0 radical (unpaired) electrons. The number of fused-ring (bicyclic) bond motifs is 1. The molecule has 1 heterocycles. The van der Waals surface area contributed by atoms with Crippen molar-refractivity contribution in [2.24, 2.45) is 21.5 Å². The first-order chi connectivity index (χ1) is 17.5. The zero-order chi connectivity index (χ0) is 27.4. The highest BCUT2D eigenvalue weighted by molar-refractivity contribution is 6.07. The second-order valence-corrected chi connectivity index (χ2v) is 10.4. The van der Waals surface area contributed by atoms with Gasteiger partial charge in [-0.15, -0.1) is 10.6 Å². The van der Waals surface area contributed by atoms with E-state index in [2.05, 4.69) is 41.5 Å². The summed E-state index contributed by atoms with van der Waals surface area (Å²) in [6.07, 6.45) is 1.05. The molecule has 0 saturated carbocycles. The summed E-state index contributed by atoms with van der Waals surface area (Å²) in [6.45, 7) is 12.5. The van der Waals surface area contributed by atoms with Crippen molar-refractivity contribution in [2.45, 2.75) is 65.9 Å². The van der Waals surface area contributed by atoms with Crippen molar-refractivity contribution >= 4 is 22.8 Å². The molecule has 0 saturated heterocycles. The summed E-state index contributed by atoms with van der Waals surface area (Å²) in [7, 11) is 0. The van der Waals surface area contributed by atoms with Crippen LogP contribution in [-0.2, 0) is 5.41 Å². The molecule has 6 N–H and O–H groups in total. The first-order valence-corrected chi connectivity index (χ1v) is 12.4. The maximum Gasteiger partial charge on any atom is 0.310 e. The Balaban J connectivity index is 1.93. The van der Waals surface area contributed by atoms with Crippen LogP contribution in [-0.4, -0.2) is 29.7 Å². The van der Waals surface area contributed by atoms with Crippen molar-refractivity contribution in [3.05, 3.63) is 64.9 Å². The number of hydrogen-bond donors (Lipinski definition) is 4. The van der Waals surface area contributed by atoms with Gasteiger partial charge in [0.15, 0.2) is 0 Å². The molecule has 0 bridgehead atoms. The van der Waals surface area contributed by atoms with Crippen LogP contribution in [0.2, 0.25) is 0 Å². The molecule has 0 aliphatic rings. The zero-order valence-corrected chi connectivity index (χ0v) is 22.5. The molecule has 0 aliphatic carbocycles. The lowest BCUT2D eigenvalue weighted by Gasteiger charge is -2.31. The van der Waals surface area contributed by atoms with E-state index in [1.54, 1.807) is 18.2 Å². The number of rotatable bonds is 8. The van der Waals surface area contributed by atoms with Crippen molar-refractivity contribution in [3.63, 3.8) is 0 Å². The first kappa shape index (κ1) is 27.9. The summed E-state index contributed by atoms with van der Waals surface area (Å²) < 4.78 is 12.3. The van der Waals surface area contributed by atoms with Crippen LogP contribution >= 0.6 is 0 Å². The van der Waals surface area contributed by atoms with Gasteiger partial charge >= 0.3 is 5.96 Å². The number of guanidine groups is 1. The van der Waals surface area contributed by atoms with Crippen molar-refractivity contribution in [2.75, 3.05) is 6.61 Å². The van der Waals surface area contributed by atoms with Crippen LogP contribution in [0.15, 0.2) is 57.1 Å². The number of carbonyl (C=O) groups excluding carboxylic acids is 1. The molecule has 198 valence electrons. The molecule has 3 rings (SSSR count). The number of nitrogens with two attached hydrogens (primary N) is 2. The largest absolute Gasteiger partial charge is 0.491 e. The summed E-state index contributed by atoms with van der Waals surface area (Å²) in [5.74, 6) is 6.15. The molecule has 0 spiro atoms. The Morgan fingerprint density at radius 2 is 1.86 bits per heavy atom. The van der Waals surface area contributed by atoms with Gasteiger partial charge in [0, 0.05) is 16.1 Å².